The van der Waals surface area contributed by atoms with Crippen LogP contribution in [0.4, 0.5) is 0 Å². The van der Waals surface area contributed by atoms with E-state index in [1.807, 2.05) is 0 Å². The number of ether oxygens (including phenoxy) is 1. The number of amides is 1. The number of halogens is 2. The van der Waals surface area contributed by atoms with Crippen molar-refractivity contribution in [1.29, 1.82) is 0 Å². The molecule has 4 N–H and O–H groups in total. The summed E-state index contributed by atoms with van der Waals surface area (Å²) in [4.78, 5) is 15.3. The van der Waals surface area contributed by atoms with Crippen molar-refractivity contribution >= 4 is 50.2 Å². The van der Waals surface area contributed by atoms with Gasteiger partial charge < -0.3 is 15.0 Å². The van der Waals surface area contributed by atoms with Crippen LogP contribution >= 0.6 is 23.2 Å². The van der Waals surface area contributed by atoms with Gasteiger partial charge in [0.05, 0.1) is 10.0 Å². The molecule has 11 heteroatoms. The van der Waals surface area contributed by atoms with Gasteiger partial charge in [-0.05, 0) is 37.1 Å². The molecule has 1 amide bonds. The standard InChI is InChI=1S/C19H24Cl2N4O4S/c1-3-4-7-17(29-2)25(30(22,27)28)11-6-5-10-23-19(26)16-12-13-15(24-16)9-8-14(20)18(13)21/h3-4,7-9,12,17,24H,1,5-6,10-11H2,2H3,(H,23,26)(H2,22,27,28). The van der Waals surface area contributed by atoms with E-state index in [4.69, 9.17) is 33.1 Å². The molecule has 1 atom stereocenters. The van der Waals surface area contributed by atoms with Gasteiger partial charge in [0.25, 0.3) is 16.1 Å². The van der Waals surface area contributed by atoms with Crippen molar-refractivity contribution in [3.05, 3.63) is 58.7 Å². The number of methoxy groups -OCH3 is 1. The minimum absolute atomic E-state index is 0.134. The number of nitrogens with two attached hydrogens (primary N) is 1. The Bertz CT molecular complexity index is 1040. The topological polar surface area (TPSA) is 118 Å². The number of hydrogen-bond acceptors (Lipinski definition) is 4. The fourth-order valence-electron chi connectivity index (χ4n) is 2.82. The Kier molecular flexibility index (Phi) is 8.90. The second-order valence-electron chi connectivity index (χ2n) is 6.37. The number of rotatable bonds is 11. The molecule has 0 aliphatic heterocycles. The maximum absolute atomic E-state index is 12.4. The molecule has 2 aromatic rings. The van der Waals surface area contributed by atoms with Gasteiger partial charge in [0.1, 0.15) is 11.9 Å². The zero-order chi connectivity index (χ0) is 22.3. The van der Waals surface area contributed by atoms with E-state index in [1.54, 1.807) is 24.3 Å². The predicted molar refractivity (Wildman–Crippen MR) is 120 cm³/mol. The van der Waals surface area contributed by atoms with Crippen LogP contribution in [-0.2, 0) is 14.9 Å². The van der Waals surface area contributed by atoms with Crippen molar-refractivity contribution in [2.75, 3.05) is 20.2 Å². The van der Waals surface area contributed by atoms with E-state index >= 15 is 0 Å². The molecule has 0 aliphatic rings. The van der Waals surface area contributed by atoms with Crippen molar-refractivity contribution in [3.63, 3.8) is 0 Å². The van der Waals surface area contributed by atoms with Gasteiger partial charge in [-0.15, -0.1) is 0 Å². The van der Waals surface area contributed by atoms with Gasteiger partial charge in [0.15, 0.2) is 0 Å². The average Bonchev–Trinajstić information content (AvgIpc) is 3.13. The molecule has 0 aliphatic carbocycles. The molecular formula is C19H24Cl2N4O4S. The molecule has 1 aromatic carbocycles. The quantitative estimate of drug-likeness (QED) is 0.263. The Hall–Kier alpha value is -1.88. The normalized spacial score (nSPS) is 13.2. The third kappa shape index (κ3) is 6.31. The number of benzene rings is 1. The highest BCUT2D eigenvalue weighted by Crippen LogP contribution is 2.31. The first-order valence-electron chi connectivity index (χ1n) is 9.05. The van der Waals surface area contributed by atoms with Gasteiger partial charge in [-0.25, -0.2) is 5.14 Å². The summed E-state index contributed by atoms with van der Waals surface area (Å²) < 4.78 is 29.9. The Balaban J connectivity index is 1.90. The number of H-pyrrole nitrogens is 1. The first-order valence-corrected chi connectivity index (χ1v) is 11.3. The molecule has 2 rings (SSSR count). The highest BCUT2D eigenvalue weighted by atomic mass is 35.5. The van der Waals surface area contributed by atoms with Crippen LogP contribution in [-0.4, -0.2) is 50.0 Å². The van der Waals surface area contributed by atoms with E-state index in [0.29, 0.717) is 46.0 Å². The fourth-order valence-corrected chi connectivity index (χ4v) is 4.03. The van der Waals surface area contributed by atoms with E-state index in [2.05, 4.69) is 16.9 Å². The number of unbranched alkanes of at least 4 members (excludes halogenated alkanes) is 1. The van der Waals surface area contributed by atoms with Crippen LogP contribution in [0.5, 0.6) is 0 Å². The largest absolute Gasteiger partial charge is 0.362 e. The number of nitrogens with one attached hydrogen (secondary N) is 2. The lowest BCUT2D eigenvalue weighted by molar-refractivity contribution is 0.0520. The van der Waals surface area contributed by atoms with Gasteiger partial charge in [-0.3, -0.25) is 4.79 Å². The summed E-state index contributed by atoms with van der Waals surface area (Å²) >= 11 is 12.2. The van der Waals surface area contributed by atoms with Crippen molar-refractivity contribution in [1.82, 2.24) is 14.6 Å². The Morgan fingerprint density at radius 1 is 1.40 bits per heavy atom. The summed E-state index contributed by atoms with van der Waals surface area (Å²) in [7, 11) is -2.58. The Labute approximate surface area is 185 Å². The van der Waals surface area contributed by atoms with Crippen LogP contribution in [0.25, 0.3) is 10.9 Å². The lowest BCUT2D eigenvalue weighted by Crippen LogP contribution is -2.44. The van der Waals surface area contributed by atoms with Crippen molar-refractivity contribution in [2.24, 2.45) is 5.14 Å². The van der Waals surface area contributed by atoms with Gasteiger partial charge in [0.2, 0.25) is 0 Å². The molecule has 30 heavy (non-hydrogen) atoms. The van der Waals surface area contributed by atoms with E-state index in [9.17, 15) is 13.2 Å². The molecule has 0 radical (unpaired) electrons. The van der Waals surface area contributed by atoms with Crippen LogP contribution < -0.4 is 10.5 Å². The van der Waals surface area contributed by atoms with Crippen molar-refractivity contribution < 1.29 is 17.9 Å². The molecule has 0 spiro atoms. The van der Waals surface area contributed by atoms with E-state index in [-0.39, 0.29) is 12.5 Å². The summed E-state index contributed by atoms with van der Waals surface area (Å²) in [5.41, 5.74) is 1.06. The molecule has 1 aromatic heterocycles. The van der Waals surface area contributed by atoms with Gasteiger partial charge in [-0.2, -0.15) is 12.7 Å². The number of fused-ring (bicyclic) bond motifs is 1. The summed E-state index contributed by atoms with van der Waals surface area (Å²) in [6.45, 7) is 4.02. The molecule has 0 saturated carbocycles. The van der Waals surface area contributed by atoms with E-state index in [1.165, 1.54) is 19.3 Å². The predicted octanol–water partition coefficient (Wildman–Crippen LogP) is 3.20. The lowest BCUT2D eigenvalue weighted by Gasteiger charge is -2.25. The molecule has 0 bridgehead atoms. The number of carbonyl (C=O) groups is 1. The van der Waals surface area contributed by atoms with Crippen LogP contribution in [0.15, 0.2) is 43.0 Å². The van der Waals surface area contributed by atoms with Crippen molar-refractivity contribution in [2.45, 2.75) is 19.1 Å². The molecule has 1 unspecified atom stereocenters. The van der Waals surface area contributed by atoms with Gasteiger partial charge >= 0.3 is 0 Å². The molecule has 164 valence electrons. The maximum Gasteiger partial charge on any atom is 0.279 e. The highest BCUT2D eigenvalue weighted by Gasteiger charge is 2.24. The lowest BCUT2D eigenvalue weighted by atomic mass is 10.2. The van der Waals surface area contributed by atoms with Gasteiger partial charge in [-0.1, -0.05) is 41.9 Å². The Morgan fingerprint density at radius 2 is 2.13 bits per heavy atom. The molecule has 8 nitrogen and oxygen atoms in total. The SMILES string of the molecule is C=CC=CC(OC)N(CCCCNC(=O)c1cc2c(Cl)c(Cl)ccc2[nH]1)S(N)(=O)=O. The smallest absolute Gasteiger partial charge is 0.279 e. The number of hydrogen-bond donors (Lipinski definition) is 3. The van der Waals surface area contributed by atoms with Gasteiger partial charge in [0, 0.05) is 31.1 Å². The summed E-state index contributed by atoms with van der Waals surface area (Å²) in [5.74, 6) is -0.301. The fraction of sp³-hybridized carbons (Fsp3) is 0.316. The third-order valence-electron chi connectivity index (χ3n) is 4.29. The van der Waals surface area contributed by atoms with Crippen molar-refractivity contribution in [3.8, 4) is 0 Å². The minimum Gasteiger partial charge on any atom is -0.362 e. The van der Waals surface area contributed by atoms with E-state index in [0.717, 1.165) is 4.31 Å². The molecule has 0 fully saturated rings. The summed E-state index contributed by atoms with van der Waals surface area (Å²) in [5, 5.41) is 9.52. The molecule has 0 saturated heterocycles. The number of allylic oxidation sites excluding steroid dienone is 2. The number of nitrogens with zero attached hydrogens (tertiary/aromatic N) is 1. The van der Waals surface area contributed by atoms with Crippen LogP contribution in [0.2, 0.25) is 10.0 Å². The zero-order valence-corrected chi connectivity index (χ0v) is 18.7. The number of aromatic nitrogens is 1. The maximum atomic E-state index is 12.4. The third-order valence-corrected chi connectivity index (χ3v) is 6.15. The second-order valence-corrected chi connectivity index (χ2v) is 8.66. The van der Waals surface area contributed by atoms with Crippen LogP contribution in [0, 0.1) is 0 Å². The van der Waals surface area contributed by atoms with Crippen LogP contribution in [0.3, 0.4) is 0 Å². The summed E-state index contributed by atoms with van der Waals surface area (Å²) in [6, 6.07) is 5.03. The monoisotopic (exact) mass is 474 g/mol. The van der Waals surface area contributed by atoms with Crippen LogP contribution in [0.1, 0.15) is 23.3 Å². The first kappa shape index (κ1) is 24.4. The highest BCUT2D eigenvalue weighted by molar-refractivity contribution is 7.86. The minimum atomic E-state index is -3.97. The zero-order valence-electron chi connectivity index (χ0n) is 16.4. The Morgan fingerprint density at radius 3 is 2.77 bits per heavy atom. The molecular weight excluding hydrogens is 451 g/mol. The van der Waals surface area contributed by atoms with E-state index < -0.39 is 16.4 Å². The number of aromatic amines is 1. The number of carbonyl (C=O) groups excluding carboxylic acids is 1. The molecule has 1 heterocycles. The summed E-state index contributed by atoms with van der Waals surface area (Å²) in [6.07, 6.45) is 4.78. The first-order chi connectivity index (χ1) is 14.2. The average molecular weight is 475 g/mol. The second kappa shape index (κ2) is 10.9.